The van der Waals surface area contributed by atoms with Crippen LogP contribution in [0.1, 0.15) is 12.0 Å². The van der Waals surface area contributed by atoms with Crippen molar-refractivity contribution in [2.75, 3.05) is 23.7 Å². The molecule has 100 valence electrons. The molecule has 0 amide bonds. The number of aromatic nitrogens is 3. The molecule has 4 rings (SSSR count). The second-order valence-corrected chi connectivity index (χ2v) is 6.14. The Bertz CT molecular complexity index is 666. The topological polar surface area (TPSA) is 71.5 Å². The second-order valence-electron chi connectivity index (χ2n) is 5.34. The van der Waals surface area contributed by atoms with Gasteiger partial charge < -0.3 is 16.0 Å². The first-order chi connectivity index (χ1) is 9.15. The molecule has 2 atom stereocenters. The summed E-state index contributed by atoms with van der Waals surface area (Å²) in [6.45, 7) is 4.03. The molecule has 0 aliphatic carbocycles. The third-order valence-electron chi connectivity index (χ3n) is 4.11. The smallest absolute Gasteiger partial charge is 0.162 e. The van der Waals surface area contributed by atoms with Crippen LogP contribution in [-0.2, 0) is 0 Å². The third-order valence-corrected chi connectivity index (χ3v) is 4.87. The highest BCUT2D eigenvalue weighted by Crippen LogP contribution is 2.36. The average molecular weight is 323 g/mol. The molecule has 0 spiro atoms. The summed E-state index contributed by atoms with van der Waals surface area (Å²) in [5.74, 6) is 1.56. The maximum Gasteiger partial charge on any atom is 0.162 e. The van der Waals surface area contributed by atoms with E-state index in [1.807, 2.05) is 6.92 Å². The van der Waals surface area contributed by atoms with Crippen LogP contribution >= 0.6 is 15.9 Å². The minimum atomic E-state index is 0.527. The Morgan fingerprint density at radius 2 is 2.37 bits per heavy atom. The van der Waals surface area contributed by atoms with Crippen LogP contribution in [0.2, 0.25) is 0 Å². The summed E-state index contributed by atoms with van der Waals surface area (Å²) in [5, 5.41) is 7.76. The first-order valence-corrected chi connectivity index (χ1v) is 7.24. The SMILES string of the molecule is Cc1cnn2c(N)c(Br)c(N3C[C@@H]4C[C@H]3CN4)nc12. The minimum absolute atomic E-state index is 0.527. The summed E-state index contributed by atoms with van der Waals surface area (Å²) in [5.41, 5.74) is 8.05. The zero-order valence-electron chi connectivity index (χ0n) is 10.6. The predicted molar refractivity (Wildman–Crippen MR) is 77.4 cm³/mol. The van der Waals surface area contributed by atoms with Crippen LogP contribution in [0.25, 0.3) is 5.65 Å². The quantitative estimate of drug-likeness (QED) is 0.817. The summed E-state index contributed by atoms with van der Waals surface area (Å²) in [4.78, 5) is 7.12. The first kappa shape index (κ1) is 11.5. The molecular weight excluding hydrogens is 308 g/mol. The summed E-state index contributed by atoms with van der Waals surface area (Å²) in [6, 6.07) is 1.11. The third kappa shape index (κ3) is 1.51. The summed E-state index contributed by atoms with van der Waals surface area (Å²) in [6.07, 6.45) is 2.99. The Morgan fingerprint density at radius 1 is 1.53 bits per heavy atom. The number of aryl methyl sites for hydroxylation is 1. The van der Waals surface area contributed by atoms with Gasteiger partial charge in [-0.2, -0.15) is 9.61 Å². The van der Waals surface area contributed by atoms with E-state index in [1.54, 1.807) is 10.7 Å². The Hall–Kier alpha value is -1.34. The molecule has 2 aromatic rings. The maximum atomic E-state index is 6.17. The number of rotatable bonds is 1. The monoisotopic (exact) mass is 322 g/mol. The van der Waals surface area contributed by atoms with E-state index < -0.39 is 0 Å². The molecule has 2 aromatic heterocycles. The van der Waals surface area contributed by atoms with Crippen LogP contribution in [-0.4, -0.2) is 39.8 Å². The Morgan fingerprint density at radius 3 is 3.05 bits per heavy atom. The van der Waals surface area contributed by atoms with Crippen LogP contribution in [0, 0.1) is 6.92 Å². The first-order valence-electron chi connectivity index (χ1n) is 6.44. The average Bonchev–Trinajstić information content (AvgIpc) is 3.09. The van der Waals surface area contributed by atoms with Crippen molar-refractivity contribution in [2.45, 2.75) is 25.4 Å². The molecule has 4 heterocycles. The number of nitrogens with two attached hydrogens (primary N) is 1. The lowest BCUT2D eigenvalue weighted by Crippen LogP contribution is -2.44. The van der Waals surface area contributed by atoms with E-state index in [4.69, 9.17) is 10.7 Å². The Balaban J connectivity index is 1.89. The van der Waals surface area contributed by atoms with Gasteiger partial charge in [-0.05, 0) is 29.3 Å². The van der Waals surface area contributed by atoms with E-state index in [2.05, 4.69) is 31.2 Å². The molecule has 3 N–H and O–H groups in total. The van der Waals surface area contributed by atoms with E-state index in [-0.39, 0.29) is 0 Å². The molecule has 0 radical (unpaired) electrons. The van der Waals surface area contributed by atoms with Gasteiger partial charge in [0.05, 0.1) is 6.20 Å². The van der Waals surface area contributed by atoms with Crippen LogP contribution in [0.4, 0.5) is 11.6 Å². The van der Waals surface area contributed by atoms with Crippen molar-refractivity contribution in [3.63, 3.8) is 0 Å². The fourth-order valence-corrected chi connectivity index (χ4v) is 3.59. The highest BCUT2D eigenvalue weighted by molar-refractivity contribution is 9.10. The van der Waals surface area contributed by atoms with E-state index in [0.29, 0.717) is 17.9 Å². The van der Waals surface area contributed by atoms with Crippen LogP contribution in [0.3, 0.4) is 0 Å². The maximum absolute atomic E-state index is 6.17. The van der Waals surface area contributed by atoms with Gasteiger partial charge in [-0.3, -0.25) is 0 Å². The lowest BCUT2D eigenvalue weighted by Gasteiger charge is -2.29. The number of hydrogen-bond donors (Lipinski definition) is 2. The van der Waals surface area contributed by atoms with E-state index in [0.717, 1.165) is 34.6 Å². The normalized spacial score (nSPS) is 25.7. The molecule has 19 heavy (non-hydrogen) atoms. The zero-order valence-corrected chi connectivity index (χ0v) is 12.2. The van der Waals surface area contributed by atoms with Crippen molar-refractivity contribution in [1.29, 1.82) is 0 Å². The molecular formula is C12H15BrN6. The summed E-state index contributed by atoms with van der Waals surface area (Å²) >= 11 is 3.58. The fourth-order valence-electron chi connectivity index (χ4n) is 3.10. The molecule has 2 bridgehead atoms. The standard InChI is InChI=1S/C12H15BrN6/c1-6-3-16-19-10(14)9(13)12(17-11(6)19)18-5-7-2-8(18)4-15-7/h3,7-8,15H,2,4-5,14H2,1H3/t7-,8-/m0/s1. The van der Waals surface area contributed by atoms with Crippen molar-refractivity contribution < 1.29 is 0 Å². The largest absolute Gasteiger partial charge is 0.383 e. The number of nitrogens with zero attached hydrogens (tertiary/aromatic N) is 4. The molecule has 2 aliphatic rings. The minimum Gasteiger partial charge on any atom is -0.383 e. The second kappa shape index (κ2) is 3.83. The van der Waals surface area contributed by atoms with E-state index in [1.165, 1.54) is 6.42 Å². The number of fused-ring (bicyclic) bond motifs is 3. The van der Waals surface area contributed by atoms with Gasteiger partial charge in [0.1, 0.15) is 16.1 Å². The van der Waals surface area contributed by atoms with Crippen molar-refractivity contribution in [1.82, 2.24) is 19.9 Å². The highest BCUT2D eigenvalue weighted by Gasteiger charge is 2.39. The van der Waals surface area contributed by atoms with Gasteiger partial charge >= 0.3 is 0 Å². The number of halogens is 1. The van der Waals surface area contributed by atoms with Crippen LogP contribution < -0.4 is 16.0 Å². The van der Waals surface area contributed by atoms with Gasteiger partial charge in [0.2, 0.25) is 0 Å². The summed E-state index contributed by atoms with van der Waals surface area (Å²) < 4.78 is 2.53. The summed E-state index contributed by atoms with van der Waals surface area (Å²) in [7, 11) is 0. The molecule has 0 aromatic carbocycles. The molecule has 7 heteroatoms. The number of anilines is 2. The van der Waals surface area contributed by atoms with E-state index in [9.17, 15) is 0 Å². The van der Waals surface area contributed by atoms with Gasteiger partial charge in [0.15, 0.2) is 5.65 Å². The number of piperazine rings is 1. The molecule has 0 saturated carbocycles. The van der Waals surface area contributed by atoms with Crippen molar-refractivity contribution in [3.05, 3.63) is 16.2 Å². The molecule has 6 nitrogen and oxygen atoms in total. The Kier molecular flexibility index (Phi) is 2.32. The number of hydrogen-bond acceptors (Lipinski definition) is 5. The highest BCUT2D eigenvalue weighted by atomic mass is 79.9. The fraction of sp³-hybridized carbons (Fsp3) is 0.500. The lowest BCUT2D eigenvalue weighted by molar-refractivity contribution is 0.576. The molecule has 0 unspecified atom stereocenters. The van der Waals surface area contributed by atoms with Crippen LogP contribution in [0.15, 0.2) is 10.7 Å². The van der Waals surface area contributed by atoms with Crippen molar-refractivity contribution >= 4 is 33.2 Å². The van der Waals surface area contributed by atoms with Gasteiger partial charge in [-0.15, -0.1) is 0 Å². The Labute approximate surface area is 119 Å². The van der Waals surface area contributed by atoms with Crippen molar-refractivity contribution in [2.24, 2.45) is 0 Å². The van der Waals surface area contributed by atoms with Gasteiger partial charge in [0.25, 0.3) is 0 Å². The zero-order chi connectivity index (χ0) is 13.1. The van der Waals surface area contributed by atoms with Gasteiger partial charge in [-0.1, -0.05) is 0 Å². The predicted octanol–water partition coefficient (Wildman–Crippen LogP) is 0.933. The molecule has 2 saturated heterocycles. The number of nitrogens with one attached hydrogen (secondary N) is 1. The molecule has 2 aliphatic heterocycles. The van der Waals surface area contributed by atoms with E-state index >= 15 is 0 Å². The molecule has 2 fully saturated rings. The van der Waals surface area contributed by atoms with Crippen LogP contribution in [0.5, 0.6) is 0 Å². The van der Waals surface area contributed by atoms with Crippen molar-refractivity contribution in [3.8, 4) is 0 Å². The lowest BCUT2D eigenvalue weighted by atomic mass is 10.2. The number of nitrogen functional groups attached to an aromatic ring is 1. The van der Waals surface area contributed by atoms with Gasteiger partial charge in [-0.25, -0.2) is 4.98 Å². The van der Waals surface area contributed by atoms with Gasteiger partial charge in [0, 0.05) is 30.7 Å².